The van der Waals surface area contributed by atoms with Gasteiger partial charge in [0.15, 0.2) is 0 Å². The molecule has 0 saturated carbocycles. The van der Waals surface area contributed by atoms with Crippen LogP contribution >= 0.6 is 0 Å². The molecule has 0 aliphatic carbocycles. The highest BCUT2D eigenvalue weighted by molar-refractivity contribution is 6.33. The topological polar surface area (TPSA) is 62.8 Å². The standard InChI is InChI=1S/C13H17BO4/c1-8(2)6-12-9(3)11-5-4-10(18-14(15)16)7-13(11)17-12/h4-5,7-8,15-16H,6H2,1-3H3. The van der Waals surface area contributed by atoms with Gasteiger partial charge in [-0.15, -0.1) is 0 Å². The van der Waals surface area contributed by atoms with Crippen LogP contribution in [0.4, 0.5) is 0 Å². The number of hydrogen-bond donors (Lipinski definition) is 2. The number of hydrogen-bond acceptors (Lipinski definition) is 4. The Morgan fingerprint density at radius 3 is 2.67 bits per heavy atom. The molecule has 2 aromatic rings. The third-order valence-corrected chi connectivity index (χ3v) is 2.84. The molecule has 5 heteroatoms. The van der Waals surface area contributed by atoms with Crippen molar-refractivity contribution in [2.75, 3.05) is 0 Å². The summed E-state index contributed by atoms with van der Waals surface area (Å²) in [6.45, 7) is 6.32. The summed E-state index contributed by atoms with van der Waals surface area (Å²) in [5.41, 5.74) is 1.84. The van der Waals surface area contributed by atoms with Gasteiger partial charge in [0.05, 0.1) is 0 Å². The molecule has 18 heavy (non-hydrogen) atoms. The van der Waals surface area contributed by atoms with Gasteiger partial charge in [-0.25, -0.2) is 0 Å². The van der Waals surface area contributed by atoms with E-state index in [9.17, 15) is 0 Å². The fraction of sp³-hybridized carbons (Fsp3) is 0.385. The van der Waals surface area contributed by atoms with E-state index >= 15 is 0 Å². The Hall–Kier alpha value is -1.46. The molecule has 0 aliphatic heterocycles. The van der Waals surface area contributed by atoms with Crippen LogP contribution in [0.2, 0.25) is 0 Å². The molecule has 0 bridgehead atoms. The van der Waals surface area contributed by atoms with Gasteiger partial charge in [-0.1, -0.05) is 13.8 Å². The molecule has 4 nitrogen and oxygen atoms in total. The maximum atomic E-state index is 8.76. The molecule has 2 N–H and O–H groups in total. The summed E-state index contributed by atoms with van der Waals surface area (Å²) >= 11 is 0. The van der Waals surface area contributed by atoms with Gasteiger partial charge in [-0.2, -0.15) is 0 Å². The van der Waals surface area contributed by atoms with Gasteiger partial charge in [0, 0.05) is 17.9 Å². The minimum Gasteiger partial charge on any atom is -0.512 e. The monoisotopic (exact) mass is 248 g/mol. The van der Waals surface area contributed by atoms with Crippen molar-refractivity contribution in [1.29, 1.82) is 0 Å². The molecule has 0 spiro atoms. The molecular weight excluding hydrogens is 231 g/mol. The first kappa shape index (κ1) is 13.0. The summed E-state index contributed by atoms with van der Waals surface area (Å²) in [6, 6.07) is 5.24. The van der Waals surface area contributed by atoms with Crippen molar-refractivity contribution in [2.45, 2.75) is 27.2 Å². The molecule has 96 valence electrons. The van der Waals surface area contributed by atoms with Gasteiger partial charge < -0.3 is 19.1 Å². The lowest BCUT2D eigenvalue weighted by Crippen LogP contribution is -2.20. The van der Waals surface area contributed by atoms with E-state index in [0.29, 0.717) is 17.3 Å². The van der Waals surface area contributed by atoms with Crippen molar-refractivity contribution >= 4 is 18.3 Å². The quantitative estimate of drug-likeness (QED) is 0.815. The molecule has 2 rings (SSSR count). The molecular formula is C13H17BO4. The SMILES string of the molecule is Cc1c(CC(C)C)oc2cc(OB(O)O)ccc12. The molecule has 0 atom stereocenters. The molecule has 0 amide bonds. The van der Waals surface area contributed by atoms with E-state index in [0.717, 1.165) is 23.1 Å². The summed E-state index contributed by atoms with van der Waals surface area (Å²) in [5.74, 6) is 1.88. The summed E-state index contributed by atoms with van der Waals surface area (Å²) in [6.07, 6.45) is 0.888. The third-order valence-electron chi connectivity index (χ3n) is 2.84. The van der Waals surface area contributed by atoms with Crippen molar-refractivity contribution in [2.24, 2.45) is 5.92 Å². The Bertz CT molecular complexity index is 545. The van der Waals surface area contributed by atoms with Crippen LogP contribution in [0, 0.1) is 12.8 Å². The second kappa shape index (κ2) is 5.04. The van der Waals surface area contributed by atoms with Crippen LogP contribution in [-0.4, -0.2) is 17.4 Å². The Kier molecular flexibility index (Phi) is 3.64. The summed E-state index contributed by atoms with van der Waals surface area (Å²) < 4.78 is 10.6. The third kappa shape index (κ3) is 2.68. The predicted octanol–water partition coefficient (Wildman–Crippen LogP) is 2.29. The van der Waals surface area contributed by atoms with Crippen molar-refractivity contribution < 1.29 is 19.1 Å². The lowest BCUT2D eigenvalue weighted by atomic mass is 10.0. The normalized spacial score (nSPS) is 11.2. The van der Waals surface area contributed by atoms with E-state index in [1.807, 2.05) is 13.0 Å². The van der Waals surface area contributed by atoms with Crippen molar-refractivity contribution in [3.63, 3.8) is 0 Å². The highest BCUT2D eigenvalue weighted by Crippen LogP contribution is 2.29. The van der Waals surface area contributed by atoms with E-state index in [4.69, 9.17) is 19.1 Å². The number of fused-ring (bicyclic) bond motifs is 1. The molecule has 0 saturated heterocycles. The van der Waals surface area contributed by atoms with Gasteiger partial charge in [0.1, 0.15) is 17.1 Å². The molecule has 0 radical (unpaired) electrons. The first-order chi connectivity index (χ1) is 8.47. The zero-order valence-corrected chi connectivity index (χ0v) is 10.8. The highest BCUT2D eigenvalue weighted by atomic mass is 16.6. The maximum Gasteiger partial charge on any atom is 0.707 e. The van der Waals surface area contributed by atoms with Gasteiger partial charge in [-0.05, 0) is 30.5 Å². The van der Waals surface area contributed by atoms with Crippen LogP contribution in [0.3, 0.4) is 0 Å². The molecule has 1 heterocycles. The van der Waals surface area contributed by atoms with E-state index in [-0.39, 0.29) is 0 Å². The minimum atomic E-state index is -1.81. The Morgan fingerprint density at radius 1 is 1.33 bits per heavy atom. The smallest absolute Gasteiger partial charge is 0.512 e. The average molecular weight is 248 g/mol. The van der Waals surface area contributed by atoms with Crippen molar-refractivity contribution in [3.8, 4) is 5.75 Å². The molecule has 0 aliphatic rings. The fourth-order valence-electron chi connectivity index (χ4n) is 2.02. The predicted molar refractivity (Wildman–Crippen MR) is 70.3 cm³/mol. The van der Waals surface area contributed by atoms with E-state index in [2.05, 4.69) is 13.8 Å². The maximum absolute atomic E-state index is 8.76. The second-order valence-corrected chi connectivity index (χ2v) is 4.85. The minimum absolute atomic E-state index is 0.377. The summed E-state index contributed by atoms with van der Waals surface area (Å²) in [5, 5.41) is 18.6. The van der Waals surface area contributed by atoms with Crippen molar-refractivity contribution in [1.82, 2.24) is 0 Å². The van der Waals surface area contributed by atoms with Crippen LogP contribution in [0.25, 0.3) is 11.0 Å². The van der Waals surface area contributed by atoms with Gasteiger partial charge >= 0.3 is 7.32 Å². The molecule has 1 aromatic heterocycles. The van der Waals surface area contributed by atoms with Crippen molar-refractivity contribution in [3.05, 3.63) is 29.5 Å². The average Bonchev–Trinajstić information content (AvgIpc) is 2.54. The second-order valence-electron chi connectivity index (χ2n) is 4.85. The van der Waals surface area contributed by atoms with E-state index in [1.54, 1.807) is 12.1 Å². The van der Waals surface area contributed by atoms with E-state index in [1.165, 1.54) is 0 Å². The molecule has 0 unspecified atom stereocenters. The van der Waals surface area contributed by atoms with Crippen LogP contribution in [0.15, 0.2) is 22.6 Å². The summed E-state index contributed by atoms with van der Waals surface area (Å²) in [7, 11) is -1.81. The Balaban J connectivity index is 2.38. The van der Waals surface area contributed by atoms with E-state index < -0.39 is 7.32 Å². The van der Waals surface area contributed by atoms with Crippen LogP contribution in [0.1, 0.15) is 25.2 Å². The highest BCUT2D eigenvalue weighted by Gasteiger charge is 2.15. The Morgan fingerprint density at radius 2 is 2.06 bits per heavy atom. The summed E-state index contributed by atoms with van der Waals surface area (Å²) in [4.78, 5) is 0. The van der Waals surface area contributed by atoms with Gasteiger partial charge in [0.25, 0.3) is 0 Å². The number of benzene rings is 1. The van der Waals surface area contributed by atoms with Crippen LogP contribution < -0.4 is 4.65 Å². The zero-order chi connectivity index (χ0) is 13.3. The number of rotatable bonds is 4. The fourth-order valence-corrected chi connectivity index (χ4v) is 2.02. The van der Waals surface area contributed by atoms with Gasteiger partial charge in [0.2, 0.25) is 0 Å². The Labute approximate surface area is 106 Å². The van der Waals surface area contributed by atoms with Gasteiger partial charge in [-0.3, -0.25) is 0 Å². The first-order valence-corrected chi connectivity index (χ1v) is 6.02. The number of furan rings is 1. The molecule has 0 fully saturated rings. The largest absolute Gasteiger partial charge is 0.707 e. The van der Waals surface area contributed by atoms with Crippen LogP contribution in [0.5, 0.6) is 5.75 Å². The molecule has 1 aromatic carbocycles. The zero-order valence-electron chi connectivity index (χ0n) is 10.8. The lowest BCUT2D eigenvalue weighted by molar-refractivity contribution is 0.288. The van der Waals surface area contributed by atoms with Crippen LogP contribution in [-0.2, 0) is 6.42 Å². The lowest BCUT2D eigenvalue weighted by Gasteiger charge is -2.03. The first-order valence-electron chi connectivity index (χ1n) is 6.02. The number of aryl methyl sites for hydroxylation is 1.